The van der Waals surface area contributed by atoms with Crippen molar-refractivity contribution >= 4 is 11.9 Å². The van der Waals surface area contributed by atoms with Crippen molar-refractivity contribution in [3.05, 3.63) is 0 Å². The van der Waals surface area contributed by atoms with Crippen LogP contribution in [0.1, 0.15) is 132 Å². The molecule has 226 valence electrons. The standard InChI is InChI=1S/C35H56O5/c1-30(2)17-19-35-20-18-33(6)22(28(35)29(30)39-21-35)11-12-24-32(5)15-14-25(40-27(38)10-8-9-26(36)37)31(3,4)23(32)13-16-34(24,33)7/h22-25,28-29H,8-21H2,1-7H3,(H,36,37). The van der Waals surface area contributed by atoms with Crippen LogP contribution in [-0.2, 0) is 19.1 Å². The summed E-state index contributed by atoms with van der Waals surface area (Å²) >= 11 is 0. The molecule has 0 aromatic heterocycles. The van der Waals surface area contributed by atoms with Gasteiger partial charge >= 0.3 is 11.9 Å². The van der Waals surface area contributed by atoms with Gasteiger partial charge in [0.25, 0.3) is 0 Å². The number of hydrogen-bond acceptors (Lipinski definition) is 4. The Balaban J connectivity index is 1.24. The van der Waals surface area contributed by atoms with E-state index in [1.807, 2.05) is 0 Å². The number of carbonyl (C=O) groups is 2. The van der Waals surface area contributed by atoms with Gasteiger partial charge in [0, 0.05) is 18.3 Å². The average molecular weight is 557 g/mol. The number of fused-ring (bicyclic) bond motifs is 5. The molecular weight excluding hydrogens is 500 g/mol. The molecule has 0 radical (unpaired) electrons. The molecule has 6 rings (SSSR count). The maximum atomic E-state index is 12.7. The van der Waals surface area contributed by atoms with E-state index in [-0.39, 0.29) is 41.2 Å². The first kappa shape index (κ1) is 29.0. The lowest BCUT2D eigenvalue weighted by atomic mass is 9.31. The Hall–Kier alpha value is -1.10. The van der Waals surface area contributed by atoms with Crippen molar-refractivity contribution in [1.82, 2.24) is 0 Å². The normalized spacial score (nSPS) is 50.1. The molecule has 5 nitrogen and oxygen atoms in total. The van der Waals surface area contributed by atoms with Crippen LogP contribution >= 0.6 is 0 Å². The number of esters is 1. The fraction of sp³-hybridized carbons (Fsp3) is 0.943. The third-order valence-corrected chi connectivity index (χ3v) is 15.1. The highest BCUT2D eigenvalue weighted by Gasteiger charge is 2.72. The summed E-state index contributed by atoms with van der Waals surface area (Å²) in [6.45, 7) is 18.7. The molecule has 10 unspecified atom stereocenters. The van der Waals surface area contributed by atoms with Crippen molar-refractivity contribution in [3.63, 3.8) is 0 Å². The third-order valence-electron chi connectivity index (χ3n) is 15.1. The van der Waals surface area contributed by atoms with E-state index in [4.69, 9.17) is 14.6 Å². The van der Waals surface area contributed by atoms with E-state index in [9.17, 15) is 9.59 Å². The Morgan fingerprint density at radius 3 is 2.25 bits per heavy atom. The second kappa shape index (κ2) is 9.20. The minimum absolute atomic E-state index is 0.0240. The number of ether oxygens (including phenoxy) is 2. The van der Waals surface area contributed by atoms with Gasteiger partial charge in [-0.1, -0.05) is 48.5 Å². The molecule has 5 heteroatoms. The zero-order valence-electron chi connectivity index (χ0n) is 26.4. The van der Waals surface area contributed by atoms with Crippen molar-refractivity contribution in [3.8, 4) is 0 Å². The smallest absolute Gasteiger partial charge is 0.306 e. The number of carboxylic acid groups (broad SMARTS) is 1. The lowest BCUT2D eigenvalue weighted by Gasteiger charge is -2.73. The van der Waals surface area contributed by atoms with E-state index in [2.05, 4.69) is 48.5 Å². The molecule has 40 heavy (non-hydrogen) atoms. The van der Waals surface area contributed by atoms with Gasteiger partial charge in [-0.15, -0.1) is 0 Å². The van der Waals surface area contributed by atoms with Crippen molar-refractivity contribution < 1.29 is 24.2 Å². The van der Waals surface area contributed by atoms with Gasteiger partial charge in [0.05, 0.1) is 12.7 Å². The number of rotatable bonds is 5. The zero-order chi connectivity index (χ0) is 28.9. The first-order valence-electron chi connectivity index (χ1n) is 16.6. The topological polar surface area (TPSA) is 72.8 Å². The molecule has 6 fully saturated rings. The quantitative estimate of drug-likeness (QED) is 0.347. The van der Waals surface area contributed by atoms with E-state index >= 15 is 0 Å². The molecule has 6 aliphatic rings. The van der Waals surface area contributed by atoms with Crippen molar-refractivity contribution in [1.29, 1.82) is 0 Å². The van der Waals surface area contributed by atoms with Crippen molar-refractivity contribution in [2.24, 2.45) is 56.2 Å². The SMILES string of the molecule is CC1(C)CCC23CCC4(C)C(CCC5C6(C)CCC(OC(=O)CCCC(=O)O)C(C)(C)C6CCC54C)C2C1OC3. The third kappa shape index (κ3) is 3.87. The highest BCUT2D eigenvalue weighted by molar-refractivity contribution is 5.71. The molecule has 5 aliphatic carbocycles. The molecule has 2 bridgehead atoms. The molecule has 5 saturated carbocycles. The monoisotopic (exact) mass is 556 g/mol. The molecule has 1 aliphatic heterocycles. The Morgan fingerprint density at radius 1 is 0.800 bits per heavy atom. The Kier molecular flexibility index (Phi) is 6.67. The fourth-order valence-corrected chi connectivity index (χ4v) is 12.8. The summed E-state index contributed by atoms with van der Waals surface area (Å²) in [6.07, 6.45) is 13.5. The van der Waals surface area contributed by atoms with Gasteiger partial charge in [0.15, 0.2) is 0 Å². The van der Waals surface area contributed by atoms with Gasteiger partial charge in [0.1, 0.15) is 6.10 Å². The minimum atomic E-state index is -0.851. The Morgan fingerprint density at radius 2 is 1.52 bits per heavy atom. The molecule has 10 atom stereocenters. The van der Waals surface area contributed by atoms with Gasteiger partial charge in [-0.25, -0.2) is 0 Å². The zero-order valence-corrected chi connectivity index (χ0v) is 26.4. The van der Waals surface area contributed by atoms with Crippen LogP contribution in [0, 0.1) is 56.2 Å². The summed E-state index contributed by atoms with van der Waals surface area (Å²) in [6, 6.07) is 0. The number of aliphatic carboxylic acids is 1. The van der Waals surface area contributed by atoms with Crippen LogP contribution in [-0.4, -0.2) is 35.9 Å². The van der Waals surface area contributed by atoms with Gasteiger partial charge in [-0.3, -0.25) is 9.59 Å². The van der Waals surface area contributed by atoms with Crippen LogP contribution in [0.15, 0.2) is 0 Å². The number of carboxylic acids is 1. The molecule has 0 aromatic carbocycles. The molecule has 1 saturated heterocycles. The summed E-state index contributed by atoms with van der Waals surface area (Å²) in [5.41, 5.74) is 1.59. The molecule has 1 heterocycles. The lowest BCUT2D eigenvalue weighted by molar-refractivity contribution is -0.254. The van der Waals surface area contributed by atoms with Crippen molar-refractivity contribution in [2.75, 3.05) is 6.61 Å². The molecule has 0 aromatic rings. The maximum Gasteiger partial charge on any atom is 0.306 e. The number of carbonyl (C=O) groups excluding carboxylic acids is 1. The lowest BCUT2D eigenvalue weighted by Crippen LogP contribution is -2.67. The Labute approximate surface area is 242 Å². The van der Waals surface area contributed by atoms with E-state index in [0.29, 0.717) is 40.6 Å². The second-order valence-corrected chi connectivity index (χ2v) is 17.4. The minimum Gasteiger partial charge on any atom is -0.481 e. The van der Waals surface area contributed by atoms with Gasteiger partial charge in [-0.2, -0.15) is 0 Å². The highest BCUT2D eigenvalue weighted by Crippen LogP contribution is 2.78. The first-order valence-corrected chi connectivity index (χ1v) is 16.6. The predicted molar refractivity (Wildman–Crippen MR) is 156 cm³/mol. The summed E-state index contributed by atoms with van der Waals surface area (Å²) in [4.78, 5) is 23.6. The molecule has 1 N–H and O–H groups in total. The largest absolute Gasteiger partial charge is 0.481 e. The fourth-order valence-electron chi connectivity index (χ4n) is 12.8. The highest BCUT2D eigenvalue weighted by atomic mass is 16.5. The van der Waals surface area contributed by atoms with Crippen molar-refractivity contribution in [2.45, 2.75) is 144 Å². The van der Waals surface area contributed by atoms with Gasteiger partial charge in [0.2, 0.25) is 0 Å². The molecule has 0 spiro atoms. The van der Waals surface area contributed by atoms with E-state index < -0.39 is 5.97 Å². The van der Waals surface area contributed by atoms with Crippen LogP contribution < -0.4 is 0 Å². The van der Waals surface area contributed by atoms with Crippen LogP contribution in [0.25, 0.3) is 0 Å². The Bertz CT molecular complexity index is 1050. The van der Waals surface area contributed by atoms with Crippen LogP contribution in [0.5, 0.6) is 0 Å². The first-order chi connectivity index (χ1) is 18.6. The maximum absolute atomic E-state index is 12.7. The van der Waals surface area contributed by atoms with Gasteiger partial charge in [-0.05, 0) is 121 Å². The van der Waals surface area contributed by atoms with E-state index in [0.717, 1.165) is 31.3 Å². The van der Waals surface area contributed by atoms with E-state index in [1.165, 1.54) is 51.4 Å². The predicted octanol–water partition coefficient (Wildman–Crippen LogP) is 8.04. The summed E-state index contributed by atoms with van der Waals surface area (Å²) in [5, 5.41) is 8.95. The van der Waals surface area contributed by atoms with Gasteiger partial charge < -0.3 is 14.6 Å². The van der Waals surface area contributed by atoms with E-state index in [1.54, 1.807) is 0 Å². The van der Waals surface area contributed by atoms with Crippen LogP contribution in [0.2, 0.25) is 0 Å². The molecule has 0 amide bonds. The van der Waals surface area contributed by atoms with Crippen LogP contribution in [0.4, 0.5) is 0 Å². The summed E-state index contributed by atoms with van der Waals surface area (Å²) in [7, 11) is 0. The average Bonchev–Trinajstić information content (AvgIpc) is 3.20. The number of hydrogen-bond donors (Lipinski definition) is 1. The second-order valence-electron chi connectivity index (χ2n) is 17.4. The summed E-state index contributed by atoms with van der Waals surface area (Å²) < 4.78 is 12.8. The molecular formula is C35H56O5. The summed E-state index contributed by atoms with van der Waals surface area (Å²) in [5.74, 6) is 1.66. The van der Waals surface area contributed by atoms with Crippen LogP contribution in [0.3, 0.4) is 0 Å².